The van der Waals surface area contributed by atoms with Crippen LogP contribution >= 0.6 is 11.3 Å². The van der Waals surface area contributed by atoms with E-state index < -0.39 is 0 Å². The lowest BCUT2D eigenvalue weighted by Gasteiger charge is -2.12. The van der Waals surface area contributed by atoms with Crippen molar-refractivity contribution in [2.45, 2.75) is 51.6 Å². The Labute approximate surface area is 109 Å². The lowest BCUT2D eigenvalue weighted by Crippen LogP contribution is -2.33. The standard InChI is InChI=1S/C14H24N2S/c1-2-12-7-10-17-14(12)11-15-8-9-16-13-5-3-4-6-13/h7,10,13,15-16H,2-6,8-9,11H2,1H3. The highest BCUT2D eigenvalue weighted by atomic mass is 32.1. The minimum absolute atomic E-state index is 0.796. The molecular formula is C14H24N2S. The van der Waals surface area contributed by atoms with Crippen molar-refractivity contribution in [3.05, 3.63) is 21.9 Å². The van der Waals surface area contributed by atoms with Gasteiger partial charge in [-0.15, -0.1) is 11.3 Å². The van der Waals surface area contributed by atoms with Crippen LogP contribution in [0.3, 0.4) is 0 Å². The second-order valence-corrected chi connectivity index (χ2v) is 5.84. The van der Waals surface area contributed by atoms with Gasteiger partial charge in [-0.05, 0) is 36.3 Å². The molecular weight excluding hydrogens is 228 g/mol. The van der Waals surface area contributed by atoms with Gasteiger partial charge in [0.1, 0.15) is 0 Å². The summed E-state index contributed by atoms with van der Waals surface area (Å²) < 4.78 is 0. The van der Waals surface area contributed by atoms with Crippen LogP contribution in [0.5, 0.6) is 0 Å². The topological polar surface area (TPSA) is 24.1 Å². The first-order valence-electron chi connectivity index (χ1n) is 6.89. The Bertz CT molecular complexity index is 316. The molecule has 0 radical (unpaired) electrons. The van der Waals surface area contributed by atoms with Crippen molar-refractivity contribution >= 4 is 11.3 Å². The van der Waals surface area contributed by atoms with E-state index in [2.05, 4.69) is 29.0 Å². The van der Waals surface area contributed by atoms with Gasteiger partial charge in [0, 0.05) is 30.6 Å². The minimum atomic E-state index is 0.796. The van der Waals surface area contributed by atoms with Gasteiger partial charge in [0.25, 0.3) is 0 Å². The third-order valence-electron chi connectivity index (χ3n) is 3.59. The number of hydrogen-bond acceptors (Lipinski definition) is 3. The summed E-state index contributed by atoms with van der Waals surface area (Å²) in [7, 11) is 0. The van der Waals surface area contributed by atoms with Gasteiger partial charge in [-0.2, -0.15) is 0 Å². The Morgan fingerprint density at radius 1 is 1.29 bits per heavy atom. The number of aryl methyl sites for hydroxylation is 1. The molecule has 0 aliphatic heterocycles. The highest BCUT2D eigenvalue weighted by Crippen LogP contribution is 2.17. The zero-order valence-electron chi connectivity index (χ0n) is 10.8. The van der Waals surface area contributed by atoms with Crippen LogP contribution in [0, 0.1) is 0 Å². The predicted octanol–water partition coefficient (Wildman–Crippen LogP) is 2.93. The van der Waals surface area contributed by atoms with E-state index in [4.69, 9.17) is 0 Å². The molecule has 0 unspecified atom stereocenters. The van der Waals surface area contributed by atoms with Crippen LogP contribution in [0.15, 0.2) is 11.4 Å². The molecule has 17 heavy (non-hydrogen) atoms. The zero-order chi connectivity index (χ0) is 11.9. The van der Waals surface area contributed by atoms with Crippen molar-refractivity contribution in [3.63, 3.8) is 0 Å². The van der Waals surface area contributed by atoms with Gasteiger partial charge in [0.05, 0.1) is 0 Å². The maximum absolute atomic E-state index is 3.63. The van der Waals surface area contributed by atoms with Gasteiger partial charge in [0.2, 0.25) is 0 Å². The molecule has 2 N–H and O–H groups in total. The maximum Gasteiger partial charge on any atom is 0.0303 e. The second-order valence-electron chi connectivity index (χ2n) is 4.83. The van der Waals surface area contributed by atoms with Crippen LogP contribution in [0.4, 0.5) is 0 Å². The molecule has 0 spiro atoms. The third kappa shape index (κ3) is 4.09. The summed E-state index contributed by atoms with van der Waals surface area (Å²) in [6.45, 7) is 5.45. The van der Waals surface area contributed by atoms with Crippen LogP contribution in [0.2, 0.25) is 0 Å². The van der Waals surface area contributed by atoms with Crippen molar-refractivity contribution < 1.29 is 0 Å². The number of thiophene rings is 1. The number of hydrogen-bond donors (Lipinski definition) is 2. The van der Waals surface area contributed by atoms with Crippen molar-refractivity contribution in [3.8, 4) is 0 Å². The Balaban J connectivity index is 1.56. The summed E-state index contributed by atoms with van der Waals surface area (Å²) >= 11 is 1.87. The fraction of sp³-hybridized carbons (Fsp3) is 0.714. The van der Waals surface area contributed by atoms with Gasteiger partial charge < -0.3 is 10.6 Å². The van der Waals surface area contributed by atoms with Gasteiger partial charge in [-0.1, -0.05) is 19.8 Å². The Morgan fingerprint density at radius 3 is 2.88 bits per heavy atom. The first-order chi connectivity index (χ1) is 8.40. The second kappa shape index (κ2) is 7.14. The van der Waals surface area contributed by atoms with Gasteiger partial charge in [-0.25, -0.2) is 0 Å². The van der Waals surface area contributed by atoms with Crippen molar-refractivity contribution in [1.82, 2.24) is 10.6 Å². The number of nitrogens with one attached hydrogen (secondary N) is 2. The van der Waals surface area contributed by atoms with E-state index >= 15 is 0 Å². The average Bonchev–Trinajstić information content (AvgIpc) is 2.98. The quantitative estimate of drug-likeness (QED) is 0.729. The fourth-order valence-electron chi connectivity index (χ4n) is 2.53. The largest absolute Gasteiger partial charge is 0.313 e. The Kier molecular flexibility index (Phi) is 5.49. The molecule has 1 aliphatic rings. The molecule has 0 aromatic carbocycles. The Hall–Kier alpha value is -0.380. The lowest BCUT2D eigenvalue weighted by molar-refractivity contribution is 0.509. The molecule has 0 bridgehead atoms. The van der Waals surface area contributed by atoms with Crippen LogP contribution in [0.25, 0.3) is 0 Å². The summed E-state index contributed by atoms with van der Waals surface area (Å²) in [5.74, 6) is 0. The van der Waals surface area contributed by atoms with Gasteiger partial charge >= 0.3 is 0 Å². The van der Waals surface area contributed by atoms with Crippen LogP contribution in [0.1, 0.15) is 43.0 Å². The van der Waals surface area contributed by atoms with E-state index in [1.165, 1.54) is 36.1 Å². The first kappa shape index (κ1) is 13.1. The highest BCUT2D eigenvalue weighted by Gasteiger charge is 2.13. The minimum Gasteiger partial charge on any atom is -0.313 e. The smallest absolute Gasteiger partial charge is 0.0303 e. The average molecular weight is 252 g/mol. The van der Waals surface area contributed by atoms with Crippen LogP contribution in [-0.2, 0) is 13.0 Å². The molecule has 1 aliphatic carbocycles. The van der Waals surface area contributed by atoms with E-state index in [-0.39, 0.29) is 0 Å². The molecule has 1 heterocycles. The summed E-state index contributed by atoms with van der Waals surface area (Å²) in [5.41, 5.74) is 1.51. The molecule has 0 saturated heterocycles. The molecule has 1 fully saturated rings. The summed E-state index contributed by atoms with van der Waals surface area (Å²) in [6.07, 6.45) is 6.75. The summed E-state index contributed by atoms with van der Waals surface area (Å²) in [5, 5.41) is 9.37. The molecule has 3 heteroatoms. The molecule has 1 aromatic heterocycles. The third-order valence-corrected chi connectivity index (χ3v) is 4.56. The molecule has 2 rings (SSSR count). The SMILES string of the molecule is CCc1ccsc1CNCCNC1CCCC1. The highest BCUT2D eigenvalue weighted by molar-refractivity contribution is 7.10. The van der Waals surface area contributed by atoms with Crippen LogP contribution in [-0.4, -0.2) is 19.1 Å². The van der Waals surface area contributed by atoms with Crippen LogP contribution < -0.4 is 10.6 Å². The van der Waals surface area contributed by atoms with E-state index in [0.717, 1.165) is 32.1 Å². The van der Waals surface area contributed by atoms with Gasteiger partial charge in [0.15, 0.2) is 0 Å². The lowest BCUT2D eigenvalue weighted by atomic mass is 10.2. The van der Waals surface area contributed by atoms with Gasteiger partial charge in [-0.3, -0.25) is 0 Å². The van der Waals surface area contributed by atoms with E-state index in [9.17, 15) is 0 Å². The van der Waals surface area contributed by atoms with E-state index in [1.54, 1.807) is 0 Å². The zero-order valence-corrected chi connectivity index (χ0v) is 11.6. The van der Waals surface area contributed by atoms with E-state index in [0.29, 0.717) is 0 Å². The molecule has 1 aromatic rings. The Morgan fingerprint density at radius 2 is 2.12 bits per heavy atom. The molecule has 0 atom stereocenters. The molecule has 2 nitrogen and oxygen atoms in total. The number of rotatable bonds is 7. The maximum atomic E-state index is 3.63. The first-order valence-corrected chi connectivity index (χ1v) is 7.77. The summed E-state index contributed by atoms with van der Waals surface area (Å²) in [6, 6.07) is 3.04. The fourth-order valence-corrected chi connectivity index (χ4v) is 3.48. The molecule has 96 valence electrons. The van der Waals surface area contributed by atoms with Crippen molar-refractivity contribution in [2.75, 3.05) is 13.1 Å². The van der Waals surface area contributed by atoms with E-state index in [1.807, 2.05) is 11.3 Å². The normalized spacial score (nSPS) is 16.8. The summed E-state index contributed by atoms with van der Waals surface area (Å²) in [4.78, 5) is 1.51. The predicted molar refractivity (Wildman–Crippen MR) is 75.7 cm³/mol. The molecule has 0 amide bonds. The van der Waals surface area contributed by atoms with Crippen molar-refractivity contribution in [1.29, 1.82) is 0 Å². The molecule has 1 saturated carbocycles. The van der Waals surface area contributed by atoms with Crippen molar-refractivity contribution in [2.24, 2.45) is 0 Å². The monoisotopic (exact) mass is 252 g/mol.